The second kappa shape index (κ2) is 7.85. The first-order valence-corrected chi connectivity index (χ1v) is 7.63. The smallest absolute Gasteiger partial charge is 0.323 e. The Hall–Kier alpha value is -0.610. The van der Waals surface area contributed by atoms with Crippen molar-refractivity contribution >= 4 is 5.97 Å². The van der Waals surface area contributed by atoms with E-state index in [1.807, 2.05) is 13.8 Å². The first kappa shape index (κ1) is 16.4. The maximum absolute atomic E-state index is 11.8. The van der Waals surface area contributed by atoms with Crippen LogP contribution in [0, 0.1) is 5.92 Å². The number of ether oxygens (including phenoxy) is 1. The summed E-state index contributed by atoms with van der Waals surface area (Å²) in [4.78, 5) is 11.8. The van der Waals surface area contributed by atoms with Crippen molar-refractivity contribution in [3.8, 4) is 0 Å². The van der Waals surface area contributed by atoms with Crippen molar-refractivity contribution in [1.29, 1.82) is 0 Å². The van der Waals surface area contributed by atoms with Gasteiger partial charge in [0.25, 0.3) is 0 Å². The Morgan fingerprint density at radius 2 is 2.05 bits per heavy atom. The second-order valence-electron chi connectivity index (χ2n) is 5.88. The van der Waals surface area contributed by atoms with Crippen molar-refractivity contribution in [3.05, 3.63) is 0 Å². The molecule has 0 aromatic carbocycles. The first-order chi connectivity index (χ1) is 9.00. The minimum absolute atomic E-state index is 0.197. The SMILES string of the molecule is CCCC(NCC1(O)CCC(C)CC1)C(=O)OCC. The standard InChI is InChI=1S/C15H29NO3/c1-4-6-13(14(17)19-5-2)16-11-15(18)9-7-12(3)8-10-15/h12-13,16,18H,4-11H2,1-3H3. The van der Waals surface area contributed by atoms with Gasteiger partial charge in [-0.1, -0.05) is 20.3 Å². The Morgan fingerprint density at radius 1 is 1.42 bits per heavy atom. The van der Waals surface area contributed by atoms with Gasteiger partial charge in [-0.05, 0) is 44.9 Å². The van der Waals surface area contributed by atoms with Gasteiger partial charge in [0, 0.05) is 6.54 Å². The third kappa shape index (κ3) is 5.49. The van der Waals surface area contributed by atoms with Crippen molar-refractivity contribution in [2.75, 3.05) is 13.2 Å². The molecular weight excluding hydrogens is 242 g/mol. The number of esters is 1. The lowest BCUT2D eigenvalue weighted by atomic mass is 9.79. The largest absolute Gasteiger partial charge is 0.465 e. The minimum Gasteiger partial charge on any atom is -0.465 e. The molecule has 0 radical (unpaired) electrons. The lowest BCUT2D eigenvalue weighted by molar-refractivity contribution is -0.146. The highest BCUT2D eigenvalue weighted by Gasteiger charge is 2.33. The van der Waals surface area contributed by atoms with E-state index in [9.17, 15) is 9.90 Å². The zero-order valence-electron chi connectivity index (χ0n) is 12.6. The average Bonchev–Trinajstić information content (AvgIpc) is 2.39. The van der Waals surface area contributed by atoms with Crippen LogP contribution in [0.2, 0.25) is 0 Å². The van der Waals surface area contributed by atoms with Crippen molar-refractivity contribution < 1.29 is 14.6 Å². The van der Waals surface area contributed by atoms with Gasteiger partial charge in [0.05, 0.1) is 12.2 Å². The van der Waals surface area contributed by atoms with Crippen molar-refractivity contribution in [2.24, 2.45) is 5.92 Å². The molecule has 2 N–H and O–H groups in total. The molecule has 0 spiro atoms. The van der Waals surface area contributed by atoms with Crippen LogP contribution in [0.3, 0.4) is 0 Å². The third-order valence-corrected chi connectivity index (χ3v) is 4.03. The molecule has 0 aromatic heterocycles. The molecule has 1 fully saturated rings. The van der Waals surface area contributed by atoms with Crippen LogP contribution in [-0.2, 0) is 9.53 Å². The molecule has 0 saturated heterocycles. The molecule has 0 heterocycles. The van der Waals surface area contributed by atoms with Gasteiger partial charge in [-0.25, -0.2) is 0 Å². The lowest BCUT2D eigenvalue weighted by Crippen LogP contribution is -2.49. The van der Waals surface area contributed by atoms with Gasteiger partial charge < -0.3 is 15.2 Å². The van der Waals surface area contributed by atoms with Crippen LogP contribution in [-0.4, -0.2) is 35.9 Å². The van der Waals surface area contributed by atoms with E-state index in [1.54, 1.807) is 0 Å². The molecule has 1 aliphatic carbocycles. The third-order valence-electron chi connectivity index (χ3n) is 4.03. The molecule has 0 aromatic rings. The molecule has 112 valence electrons. The molecule has 0 bridgehead atoms. The van der Waals surface area contributed by atoms with E-state index in [2.05, 4.69) is 12.2 Å². The van der Waals surface area contributed by atoms with Gasteiger partial charge in [-0.3, -0.25) is 4.79 Å². The molecule has 1 aliphatic rings. The topological polar surface area (TPSA) is 58.6 Å². The van der Waals surface area contributed by atoms with Crippen molar-refractivity contribution in [3.63, 3.8) is 0 Å². The van der Waals surface area contributed by atoms with E-state index in [0.717, 1.165) is 38.5 Å². The summed E-state index contributed by atoms with van der Waals surface area (Å²) in [6.45, 7) is 6.99. The van der Waals surface area contributed by atoms with Crippen LogP contribution in [0.5, 0.6) is 0 Å². The van der Waals surface area contributed by atoms with E-state index in [1.165, 1.54) is 0 Å². The Kier molecular flexibility index (Phi) is 6.80. The van der Waals surface area contributed by atoms with E-state index < -0.39 is 5.60 Å². The van der Waals surface area contributed by atoms with Gasteiger partial charge in [0.2, 0.25) is 0 Å². The molecule has 1 saturated carbocycles. The maximum atomic E-state index is 11.8. The molecule has 19 heavy (non-hydrogen) atoms. The molecule has 0 amide bonds. The maximum Gasteiger partial charge on any atom is 0.323 e. The van der Waals surface area contributed by atoms with E-state index >= 15 is 0 Å². The summed E-state index contributed by atoms with van der Waals surface area (Å²) >= 11 is 0. The van der Waals surface area contributed by atoms with Crippen LogP contribution in [0.15, 0.2) is 0 Å². The fraction of sp³-hybridized carbons (Fsp3) is 0.933. The molecule has 1 atom stereocenters. The molecule has 0 aliphatic heterocycles. The highest BCUT2D eigenvalue weighted by atomic mass is 16.5. The Morgan fingerprint density at radius 3 is 2.58 bits per heavy atom. The predicted molar refractivity (Wildman–Crippen MR) is 75.9 cm³/mol. The van der Waals surface area contributed by atoms with Crippen molar-refractivity contribution in [1.82, 2.24) is 5.32 Å². The number of hydrogen-bond donors (Lipinski definition) is 2. The number of nitrogens with one attached hydrogen (secondary N) is 1. The monoisotopic (exact) mass is 271 g/mol. The zero-order valence-corrected chi connectivity index (χ0v) is 12.6. The highest BCUT2D eigenvalue weighted by molar-refractivity contribution is 5.75. The van der Waals surface area contributed by atoms with Gasteiger partial charge in [0.15, 0.2) is 0 Å². The second-order valence-corrected chi connectivity index (χ2v) is 5.88. The van der Waals surface area contributed by atoms with Crippen LogP contribution in [0.25, 0.3) is 0 Å². The number of carbonyl (C=O) groups excluding carboxylic acids is 1. The van der Waals surface area contributed by atoms with Crippen LogP contribution in [0.1, 0.15) is 59.3 Å². The number of rotatable bonds is 7. The summed E-state index contributed by atoms with van der Waals surface area (Å²) in [5, 5.41) is 13.7. The van der Waals surface area contributed by atoms with Gasteiger partial charge in [-0.2, -0.15) is 0 Å². The van der Waals surface area contributed by atoms with E-state index in [4.69, 9.17) is 4.74 Å². The quantitative estimate of drug-likeness (QED) is 0.697. The van der Waals surface area contributed by atoms with Gasteiger partial charge in [-0.15, -0.1) is 0 Å². The van der Waals surface area contributed by atoms with E-state index in [0.29, 0.717) is 19.1 Å². The summed E-state index contributed by atoms with van der Waals surface area (Å²) < 4.78 is 5.06. The summed E-state index contributed by atoms with van der Waals surface area (Å²) in [6, 6.07) is -0.284. The predicted octanol–water partition coefficient (Wildman–Crippen LogP) is 2.25. The molecular formula is C15H29NO3. The van der Waals surface area contributed by atoms with E-state index in [-0.39, 0.29) is 12.0 Å². The van der Waals surface area contributed by atoms with Crippen molar-refractivity contribution in [2.45, 2.75) is 70.9 Å². The summed E-state index contributed by atoms with van der Waals surface area (Å²) in [7, 11) is 0. The Balaban J connectivity index is 2.44. The molecule has 1 unspecified atom stereocenters. The molecule has 4 nitrogen and oxygen atoms in total. The van der Waals surface area contributed by atoms with Gasteiger partial charge in [0.1, 0.15) is 6.04 Å². The highest BCUT2D eigenvalue weighted by Crippen LogP contribution is 2.31. The van der Waals surface area contributed by atoms with Crippen LogP contribution >= 0.6 is 0 Å². The lowest BCUT2D eigenvalue weighted by Gasteiger charge is -2.36. The van der Waals surface area contributed by atoms with Crippen LogP contribution < -0.4 is 5.32 Å². The number of carbonyl (C=O) groups is 1. The first-order valence-electron chi connectivity index (χ1n) is 7.63. The molecule has 1 rings (SSSR count). The zero-order chi connectivity index (χ0) is 14.3. The number of aliphatic hydroxyl groups is 1. The summed E-state index contributed by atoms with van der Waals surface area (Å²) in [6.07, 6.45) is 5.45. The Bertz CT molecular complexity index is 273. The summed E-state index contributed by atoms with van der Waals surface area (Å²) in [5.41, 5.74) is -0.648. The normalized spacial score (nSPS) is 28.9. The van der Waals surface area contributed by atoms with Crippen LogP contribution in [0.4, 0.5) is 0 Å². The number of hydrogen-bond acceptors (Lipinski definition) is 4. The molecule has 4 heteroatoms. The van der Waals surface area contributed by atoms with Gasteiger partial charge >= 0.3 is 5.97 Å². The average molecular weight is 271 g/mol. The fourth-order valence-electron chi connectivity index (χ4n) is 2.62. The fourth-order valence-corrected chi connectivity index (χ4v) is 2.62. The summed E-state index contributed by atoms with van der Waals surface area (Å²) in [5.74, 6) is 0.508. The Labute approximate surface area is 116 Å². The minimum atomic E-state index is -0.648.